The molecule has 0 saturated heterocycles. The third kappa shape index (κ3) is 5.20. The molecule has 0 radical (unpaired) electrons. The molecule has 8 heteroatoms. The minimum Gasteiger partial charge on any atom is -0.487 e. The second-order valence-electron chi connectivity index (χ2n) is 4.02. The maximum Gasteiger partial charge on any atom is 0.573 e. The molecule has 114 valence electrons. The van der Waals surface area contributed by atoms with E-state index in [-0.39, 0.29) is 5.75 Å². The van der Waals surface area contributed by atoms with E-state index in [1.807, 2.05) is 0 Å². The highest BCUT2D eigenvalue weighted by Crippen LogP contribution is 2.30. The lowest BCUT2D eigenvalue weighted by Gasteiger charge is -2.18. The summed E-state index contributed by atoms with van der Waals surface area (Å²) in [6.45, 7) is -0.202. The van der Waals surface area contributed by atoms with Crippen LogP contribution < -0.4 is 15.2 Å². The summed E-state index contributed by atoms with van der Waals surface area (Å²) in [4.78, 5) is 0. The van der Waals surface area contributed by atoms with Crippen LogP contribution in [0.25, 0.3) is 0 Å². The average Bonchev–Trinajstić information content (AvgIpc) is 2.35. The van der Waals surface area contributed by atoms with Gasteiger partial charge in [-0.05, 0) is 18.1 Å². The fourth-order valence-electron chi connectivity index (χ4n) is 1.40. The average molecular weight is 299 g/mol. The molecule has 0 aromatic heterocycles. The Bertz CT molecular complexity index is 448. The summed E-state index contributed by atoms with van der Waals surface area (Å²) in [5, 5.41) is 0. The fraction of sp³-hybridized carbons (Fsp3) is 0.500. The zero-order chi connectivity index (χ0) is 15.4. The lowest BCUT2D eigenvalue weighted by molar-refractivity contribution is -0.274. The minimum atomic E-state index is -4.85. The molecule has 1 aromatic carbocycles. The first kappa shape index (κ1) is 16.5. The summed E-state index contributed by atoms with van der Waals surface area (Å²) in [6.07, 6.45) is -4.44. The SMILES string of the molecule is CCc1ccc(OC(F)(F)F)cc1OCC(F)(F)CN. The third-order valence-corrected chi connectivity index (χ3v) is 2.39. The highest BCUT2D eigenvalue weighted by atomic mass is 19.4. The molecule has 3 nitrogen and oxygen atoms in total. The van der Waals surface area contributed by atoms with Gasteiger partial charge in [-0.1, -0.05) is 13.0 Å². The van der Waals surface area contributed by atoms with Gasteiger partial charge in [-0.15, -0.1) is 13.2 Å². The molecule has 1 rings (SSSR count). The first-order valence-corrected chi connectivity index (χ1v) is 5.76. The maximum atomic E-state index is 13.0. The molecule has 0 spiro atoms. The van der Waals surface area contributed by atoms with E-state index in [4.69, 9.17) is 10.5 Å². The van der Waals surface area contributed by atoms with Crippen molar-refractivity contribution in [1.29, 1.82) is 0 Å². The second kappa shape index (κ2) is 6.25. The number of rotatable bonds is 6. The van der Waals surface area contributed by atoms with Gasteiger partial charge < -0.3 is 15.2 Å². The monoisotopic (exact) mass is 299 g/mol. The van der Waals surface area contributed by atoms with Gasteiger partial charge >= 0.3 is 6.36 Å². The topological polar surface area (TPSA) is 44.5 Å². The first-order chi connectivity index (χ1) is 9.17. The fourth-order valence-corrected chi connectivity index (χ4v) is 1.40. The van der Waals surface area contributed by atoms with Gasteiger partial charge in [0.05, 0.1) is 6.54 Å². The molecule has 0 bridgehead atoms. The highest BCUT2D eigenvalue weighted by molar-refractivity contribution is 5.40. The summed E-state index contributed by atoms with van der Waals surface area (Å²) in [7, 11) is 0. The van der Waals surface area contributed by atoms with Gasteiger partial charge in [0.25, 0.3) is 5.92 Å². The molecule has 0 aliphatic rings. The predicted octanol–water partition coefficient (Wildman–Crippen LogP) is 3.12. The number of aryl methyl sites for hydroxylation is 1. The zero-order valence-corrected chi connectivity index (χ0v) is 10.6. The summed E-state index contributed by atoms with van der Waals surface area (Å²) in [6, 6.07) is 3.36. The molecule has 20 heavy (non-hydrogen) atoms. The van der Waals surface area contributed by atoms with Crippen LogP contribution in [0.5, 0.6) is 11.5 Å². The molecule has 0 aliphatic carbocycles. The van der Waals surface area contributed by atoms with Gasteiger partial charge in [-0.3, -0.25) is 0 Å². The first-order valence-electron chi connectivity index (χ1n) is 5.76. The van der Waals surface area contributed by atoms with Crippen LogP contribution in [0.2, 0.25) is 0 Å². The second-order valence-corrected chi connectivity index (χ2v) is 4.02. The lowest BCUT2D eigenvalue weighted by atomic mass is 10.1. The molecular formula is C12H14F5NO2. The molecular weight excluding hydrogens is 285 g/mol. The largest absolute Gasteiger partial charge is 0.573 e. The Kier molecular flexibility index (Phi) is 5.15. The van der Waals surface area contributed by atoms with E-state index in [9.17, 15) is 22.0 Å². The molecule has 0 fully saturated rings. The number of alkyl halides is 5. The van der Waals surface area contributed by atoms with Crippen molar-refractivity contribution in [3.63, 3.8) is 0 Å². The van der Waals surface area contributed by atoms with Gasteiger partial charge in [0, 0.05) is 6.07 Å². The highest BCUT2D eigenvalue weighted by Gasteiger charge is 2.32. The van der Waals surface area contributed by atoms with Gasteiger partial charge in [-0.2, -0.15) is 0 Å². The van der Waals surface area contributed by atoms with Crippen molar-refractivity contribution in [3.8, 4) is 11.5 Å². The minimum absolute atomic E-state index is 0.0811. The number of benzene rings is 1. The summed E-state index contributed by atoms with van der Waals surface area (Å²) >= 11 is 0. The van der Waals surface area contributed by atoms with E-state index >= 15 is 0 Å². The van der Waals surface area contributed by atoms with Gasteiger partial charge in [0.2, 0.25) is 0 Å². The zero-order valence-electron chi connectivity index (χ0n) is 10.6. The Morgan fingerprint density at radius 1 is 1.15 bits per heavy atom. The number of hydrogen-bond donors (Lipinski definition) is 1. The van der Waals surface area contributed by atoms with Crippen molar-refractivity contribution in [3.05, 3.63) is 23.8 Å². The van der Waals surface area contributed by atoms with E-state index in [0.717, 1.165) is 12.1 Å². The van der Waals surface area contributed by atoms with Crippen LogP contribution in [0.3, 0.4) is 0 Å². The Morgan fingerprint density at radius 3 is 2.30 bits per heavy atom. The number of halogens is 5. The van der Waals surface area contributed by atoms with Crippen LogP contribution in [-0.4, -0.2) is 25.4 Å². The van der Waals surface area contributed by atoms with E-state index in [0.29, 0.717) is 12.0 Å². The molecule has 0 saturated carbocycles. The number of nitrogens with two attached hydrogens (primary N) is 1. The van der Waals surface area contributed by atoms with Crippen LogP contribution in [0.4, 0.5) is 22.0 Å². The number of ether oxygens (including phenoxy) is 2. The molecule has 0 heterocycles. The molecule has 0 aliphatic heterocycles. The predicted molar refractivity (Wildman–Crippen MR) is 62.0 cm³/mol. The van der Waals surface area contributed by atoms with E-state index in [1.54, 1.807) is 6.92 Å². The Morgan fingerprint density at radius 2 is 1.80 bits per heavy atom. The summed E-state index contributed by atoms with van der Waals surface area (Å²) in [5.74, 6) is -3.85. The Hall–Kier alpha value is -1.57. The van der Waals surface area contributed by atoms with Crippen molar-refractivity contribution >= 4 is 0 Å². The maximum absolute atomic E-state index is 13.0. The molecule has 0 amide bonds. The van der Waals surface area contributed by atoms with Crippen molar-refractivity contribution < 1.29 is 31.4 Å². The van der Waals surface area contributed by atoms with Crippen molar-refractivity contribution in [2.75, 3.05) is 13.2 Å². The van der Waals surface area contributed by atoms with E-state index < -0.39 is 31.2 Å². The van der Waals surface area contributed by atoms with Gasteiger partial charge in [0.1, 0.15) is 11.5 Å². The third-order valence-electron chi connectivity index (χ3n) is 2.39. The number of hydrogen-bond acceptors (Lipinski definition) is 3. The van der Waals surface area contributed by atoms with Crippen molar-refractivity contribution in [2.45, 2.75) is 25.6 Å². The molecule has 0 unspecified atom stereocenters. The standard InChI is InChI=1S/C12H14F5NO2/c1-2-8-3-4-9(20-12(15,16)17)5-10(8)19-7-11(13,14)6-18/h3-5H,2,6-7,18H2,1H3. The Balaban J connectivity index is 2.89. The quantitative estimate of drug-likeness (QED) is 0.821. The summed E-state index contributed by atoms with van der Waals surface area (Å²) in [5.41, 5.74) is 5.34. The molecule has 2 N–H and O–H groups in total. The molecule has 0 atom stereocenters. The van der Waals surface area contributed by atoms with Crippen LogP contribution in [0.1, 0.15) is 12.5 Å². The molecule has 1 aromatic rings. The van der Waals surface area contributed by atoms with Gasteiger partial charge in [-0.25, -0.2) is 8.78 Å². The van der Waals surface area contributed by atoms with E-state index in [2.05, 4.69) is 4.74 Å². The lowest BCUT2D eigenvalue weighted by Crippen LogP contribution is -2.34. The Labute approximate surface area is 112 Å². The van der Waals surface area contributed by atoms with Gasteiger partial charge in [0.15, 0.2) is 6.61 Å². The van der Waals surface area contributed by atoms with Crippen LogP contribution in [0.15, 0.2) is 18.2 Å². The van der Waals surface area contributed by atoms with E-state index in [1.165, 1.54) is 6.07 Å². The van der Waals surface area contributed by atoms with Crippen LogP contribution in [0, 0.1) is 0 Å². The van der Waals surface area contributed by atoms with Crippen molar-refractivity contribution in [1.82, 2.24) is 0 Å². The summed E-state index contributed by atoms with van der Waals surface area (Å²) < 4.78 is 70.8. The normalized spacial score (nSPS) is 12.3. The van der Waals surface area contributed by atoms with Crippen LogP contribution in [-0.2, 0) is 6.42 Å². The van der Waals surface area contributed by atoms with Crippen LogP contribution >= 0.6 is 0 Å². The van der Waals surface area contributed by atoms with Crippen molar-refractivity contribution in [2.24, 2.45) is 5.73 Å². The smallest absolute Gasteiger partial charge is 0.487 e.